The van der Waals surface area contributed by atoms with E-state index in [1.165, 1.54) is 11.3 Å². The van der Waals surface area contributed by atoms with Gasteiger partial charge >= 0.3 is 0 Å². The summed E-state index contributed by atoms with van der Waals surface area (Å²) in [6, 6.07) is 0. The average Bonchev–Trinajstić information content (AvgIpc) is 2.14. The Labute approximate surface area is 50.8 Å². The van der Waals surface area contributed by atoms with Crippen LogP contribution in [0, 0.1) is 0 Å². The van der Waals surface area contributed by atoms with E-state index in [2.05, 4.69) is 4.98 Å². The summed E-state index contributed by atoms with van der Waals surface area (Å²) in [5.41, 5.74) is 5.24. The molecule has 1 aromatic rings. The molecule has 1 aromatic heterocycles. The fourth-order valence-electron chi connectivity index (χ4n) is 0.398. The summed E-state index contributed by atoms with van der Waals surface area (Å²) >= 11 is 1.36. The third-order valence-electron chi connectivity index (χ3n) is 0.705. The third kappa shape index (κ3) is 0.962. The lowest BCUT2D eigenvalue weighted by molar-refractivity contribution is 0.281. The highest BCUT2D eigenvalue weighted by atomic mass is 32.1. The van der Waals surface area contributed by atoms with Gasteiger partial charge < -0.3 is 10.8 Å². The van der Waals surface area contributed by atoms with Crippen LogP contribution in [-0.4, -0.2) is 10.1 Å². The van der Waals surface area contributed by atoms with Gasteiger partial charge in [-0.05, 0) is 0 Å². The summed E-state index contributed by atoms with van der Waals surface area (Å²) in [6.07, 6.45) is 0. The standard InChI is InChI=1S/C4H6N2OS/c5-3-2-8-4(1-7)6-3/h2,7H,1,5H2. The predicted octanol–water partition coefficient (Wildman–Crippen LogP) is 0.218. The predicted molar refractivity (Wildman–Crippen MR) is 32.4 cm³/mol. The topological polar surface area (TPSA) is 59.1 Å². The maximum Gasteiger partial charge on any atom is 0.134 e. The van der Waals surface area contributed by atoms with Crippen molar-refractivity contribution in [1.29, 1.82) is 0 Å². The lowest BCUT2D eigenvalue weighted by Crippen LogP contribution is -1.85. The van der Waals surface area contributed by atoms with Gasteiger partial charge in [0.05, 0.1) is 6.61 Å². The number of hydrogen-bond acceptors (Lipinski definition) is 4. The van der Waals surface area contributed by atoms with Gasteiger partial charge in [0, 0.05) is 5.38 Å². The van der Waals surface area contributed by atoms with E-state index in [0.717, 1.165) is 0 Å². The molecule has 1 heterocycles. The average molecular weight is 130 g/mol. The Hall–Kier alpha value is -0.610. The first-order valence-electron chi connectivity index (χ1n) is 2.13. The van der Waals surface area contributed by atoms with Crippen LogP contribution < -0.4 is 5.73 Å². The Morgan fingerprint density at radius 3 is 2.88 bits per heavy atom. The van der Waals surface area contributed by atoms with Gasteiger partial charge in [-0.25, -0.2) is 4.98 Å². The zero-order chi connectivity index (χ0) is 5.98. The quantitative estimate of drug-likeness (QED) is 0.571. The molecule has 0 aliphatic heterocycles. The van der Waals surface area contributed by atoms with Crippen molar-refractivity contribution in [2.45, 2.75) is 6.61 Å². The molecule has 1 rings (SSSR count). The zero-order valence-electron chi connectivity index (χ0n) is 4.16. The van der Waals surface area contributed by atoms with Crippen molar-refractivity contribution in [2.24, 2.45) is 0 Å². The van der Waals surface area contributed by atoms with Gasteiger partial charge in [-0.3, -0.25) is 0 Å². The first-order chi connectivity index (χ1) is 3.83. The second-order valence-corrected chi connectivity index (χ2v) is 2.27. The van der Waals surface area contributed by atoms with E-state index in [1.54, 1.807) is 5.38 Å². The second kappa shape index (κ2) is 2.11. The minimum absolute atomic E-state index is 0.0120. The molecule has 0 amide bonds. The first kappa shape index (κ1) is 5.53. The molecule has 0 saturated heterocycles. The molecule has 0 aliphatic rings. The zero-order valence-corrected chi connectivity index (χ0v) is 4.98. The molecular weight excluding hydrogens is 124 g/mol. The van der Waals surface area contributed by atoms with Gasteiger partial charge in [0.1, 0.15) is 10.8 Å². The van der Waals surface area contributed by atoms with Gasteiger partial charge in [0.2, 0.25) is 0 Å². The Balaban J connectivity index is 2.84. The first-order valence-corrected chi connectivity index (χ1v) is 3.01. The van der Waals surface area contributed by atoms with E-state index in [1.807, 2.05) is 0 Å². The summed E-state index contributed by atoms with van der Waals surface area (Å²) in [4.78, 5) is 3.78. The van der Waals surface area contributed by atoms with Gasteiger partial charge in [-0.2, -0.15) is 0 Å². The fraction of sp³-hybridized carbons (Fsp3) is 0.250. The number of nitrogens with zero attached hydrogens (tertiary/aromatic N) is 1. The van der Waals surface area contributed by atoms with Crippen molar-refractivity contribution in [2.75, 3.05) is 5.73 Å². The smallest absolute Gasteiger partial charge is 0.134 e. The SMILES string of the molecule is Nc1csc(CO)n1. The molecule has 0 unspecified atom stereocenters. The number of nitrogen functional groups attached to an aromatic ring is 1. The van der Waals surface area contributed by atoms with Crippen molar-refractivity contribution >= 4 is 17.2 Å². The van der Waals surface area contributed by atoms with Crippen LogP contribution in [0.1, 0.15) is 5.01 Å². The minimum Gasteiger partial charge on any atom is -0.389 e. The van der Waals surface area contributed by atoms with Crippen LogP contribution in [0.15, 0.2) is 5.38 Å². The molecule has 8 heavy (non-hydrogen) atoms. The van der Waals surface area contributed by atoms with Crippen molar-refractivity contribution in [3.05, 3.63) is 10.4 Å². The van der Waals surface area contributed by atoms with E-state index < -0.39 is 0 Å². The van der Waals surface area contributed by atoms with Gasteiger partial charge in [-0.1, -0.05) is 0 Å². The van der Waals surface area contributed by atoms with Crippen LogP contribution in [0.25, 0.3) is 0 Å². The summed E-state index contributed by atoms with van der Waals surface area (Å²) in [6.45, 7) is -0.0120. The lowest BCUT2D eigenvalue weighted by atomic mass is 10.7. The number of thiazole rings is 1. The van der Waals surface area contributed by atoms with Crippen LogP contribution in [0.3, 0.4) is 0 Å². The minimum atomic E-state index is -0.0120. The summed E-state index contributed by atoms with van der Waals surface area (Å²) in [5.74, 6) is 0.485. The van der Waals surface area contributed by atoms with E-state index >= 15 is 0 Å². The summed E-state index contributed by atoms with van der Waals surface area (Å²) in [5, 5.41) is 10.8. The third-order valence-corrected chi connectivity index (χ3v) is 1.56. The number of aromatic nitrogens is 1. The van der Waals surface area contributed by atoms with E-state index in [9.17, 15) is 0 Å². The summed E-state index contributed by atoms with van der Waals surface area (Å²) < 4.78 is 0. The van der Waals surface area contributed by atoms with Gasteiger partial charge in [0.25, 0.3) is 0 Å². The molecule has 3 N–H and O–H groups in total. The van der Waals surface area contributed by atoms with Gasteiger partial charge in [0.15, 0.2) is 0 Å². The van der Waals surface area contributed by atoms with Crippen molar-refractivity contribution < 1.29 is 5.11 Å². The largest absolute Gasteiger partial charge is 0.389 e. The van der Waals surface area contributed by atoms with Crippen LogP contribution in [0.5, 0.6) is 0 Å². The maximum absolute atomic E-state index is 8.44. The number of anilines is 1. The number of aliphatic hydroxyl groups is 1. The molecule has 0 aliphatic carbocycles. The van der Waals surface area contributed by atoms with Crippen LogP contribution in [0.4, 0.5) is 5.82 Å². The van der Waals surface area contributed by atoms with Crippen molar-refractivity contribution in [3.63, 3.8) is 0 Å². The maximum atomic E-state index is 8.44. The normalized spacial score (nSPS) is 9.62. The lowest BCUT2D eigenvalue weighted by Gasteiger charge is -1.79. The highest BCUT2D eigenvalue weighted by molar-refractivity contribution is 7.09. The van der Waals surface area contributed by atoms with Crippen LogP contribution in [0.2, 0.25) is 0 Å². The molecule has 0 spiro atoms. The molecule has 4 heteroatoms. The molecule has 0 atom stereocenters. The molecule has 44 valence electrons. The molecule has 3 nitrogen and oxygen atoms in total. The van der Waals surface area contributed by atoms with Crippen LogP contribution >= 0.6 is 11.3 Å². The van der Waals surface area contributed by atoms with Crippen molar-refractivity contribution in [3.8, 4) is 0 Å². The van der Waals surface area contributed by atoms with Crippen LogP contribution in [-0.2, 0) is 6.61 Å². The highest BCUT2D eigenvalue weighted by Gasteiger charge is 1.93. The Morgan fingerprint density at radius 2 is 2.62 bits per heavy atom. The Bertz CT molecular complexity index is 174. The highest BCUT2D eigenvalue weighted by Crippen LogP contribution is 2.09. The Morgan fingerprint density at radius 1 is 1.88 bits per heavy atom. The Kier molecular flexibility index (Phi) is 1.45. The summed E-state index contributed by atoms with van der Waals surface area (Å²) in [7, 11) is 0. The molecule has 0 aromatic carbocycles. The van der Waals surface area contributed by atoms with E-state index in [-0.39, 0.29) is 6.61 Å². The molecule has 0 saturated carbocycles. The van der Waals surface area contributed by atoms with Crippen molar-refractivity contribution in [1.82, 2.24) is 4.98 Å². The number of hydrogen-bond donors (Lipinski definition) is 2. The second-order valence-electron chi connectivity index (χ2n) is 1.32. The number of aliphatic hydroxyl groups excluding tert-OH is 1. The molecule has 0 bridgehead atoms. The molecule has 0 radical (unpaired) electrons. The number of nitrogens with two attached hydrogens (primary N) is 1. The van der Waals surface area contributed by atoms with Gasteiger partial charge in [-0.15, -0.1) is 11.3 Å². The fourth-order valence-corrected chi connectivity index (χ4v) is 0.940. The number of rotatable bonds is 1. The molecular formula is C4H6N2OS. The van der Waals surface area contributed by atoms with E-state index in [0.29, 0.717) is 10.8 Å². The monoisotopic (exact) mass is 130 g/mol. The molecule has 0 fully saturated rings. The van der Waals surface area contributed by atoms with E-state index in [4.69, 9.17) is 10.8 Å².